The molecule has 1 aromatic carbocycles. The molecule has 1 fully saturated rings. The molecule has 2 N–H and O–H groups in total. The Labute approximate surface area is 243 Å². The largest absolute Gasteiger partial charge is 0.395 e. The molecule has 1 aliphatic rings. The normalized spacial score (nSPS) is 14.3. The predicted molar refractivity (Wildman–Crippen MR) is 156 cm³/mol. The summed E-state index contributed by atoms with van der Waals surface area (Å²) >= 11 is 5.17. The van der Waals surface area contributed by atoms with Crippen molar-refractivity contribution in [3.63, 3.8) is 0 Å². The first-order chi connectivity index (χ1) is 18.7. The highest BCUT2D eigenvalue weighted by Crippen LogP contribution is 2.53. The van der Waals surface area contributed by atoms with Crippen LogP contribution in [0.1, 0.15) is 64.4 Å². The summed E-state index contributed by atoms with van der Waals surface area (Å²) in [6, 6.07) is 9.11. The van der Waals surface area contributed by atoms with E-state index in [9.17, 15) is 14.7 Å². The third-order valence-corrected chi connectivity index (χ3v) is 8.58. The van der Waals surface area contributed by atoms with Crippen molar-refractivity contribution in [2.24, 2.45) is 0 Å². The number of aromatic nitrogens is 2. The molecule has 0 atom stereocenters. The summed E-state index contributed by atoms with van der Waals surface area (Å²) < 4.78 is 7.06. The molecule has 0 spiro atoms. The van der Waals surface area contributed by atoms with E-state index in [4.69, 9.17) is 10.00 Å². The van der Waals surface area contributed by atoms with Crippen LogP contribution in [0.2, 0.25) is 0 Å². The van der Waals surface area contributed by atoms with Crippen LogP contribution in [0.15, 0.2) is 24.3 Å². The molecule has 0 aliphatic heterocycles. The van der Waals surface area contributed by atoms with Crippen LogP contribution in [0.3, 0.4) is 0 Å². The van der Waals surface area contributed by atoms with Gasteiger partial charge in [-0.15, -0.1) is 11.8 Å². The quantitative estimate of drug-likeness (QED) is 0.157. The fourth-order valence-corrected chi connectivity index (χ4v) is 6.49. The second kappa shape index (κ2) is 14.4. The van der Waals surface area contributed by atoms with Crippen LogP contribution in [-0.2, 0) is 24.2 Å². The number of rotatable bonds is 17. The van der Waals surface area contributed by atoms with E-state index in [1.807, 2.05) is 11.8 Å². The molecule has 0 radical (unpaired) electrons. The number of thioether (sulfide) groups is 1. The highest BCUT2D eigenvalue weighted by Gasteiger charge is 2.47. The number of aliphatic hydroxyl groups is 1. The third-order valence-electron chi connectivity index (χ3n) is 6.61. The highest BCUT2D eigenvalue weighted by molar-refractivity contribution is 9.09. The number of nitriles is 1. The molecule has 1 saturated carbocycles. The molecule has 212 valence electrons. The lowest BCUT2D eigenvalue weighted by atomic mass is 10.1. The van der Waals surface area contributed by atoms with Crippen molar-refractivity contribution in [1.82, 2.24) is 20.0 Å². The van der Waals surface area contributed by atoms with Crippen LogP contribution in [-0.4, -0.2) is 86.8 Å². The van der Waals surface area contributed by atoms with Gasteiger partial charge in [0.25, 0.3) is 5.91 Å². The Morgan fingerprint density at radius 3 is 2.67 bits per heavy atom. The maximum Gasteiger partial charge on any atom is 0.272 e. The van der Waals surface area contributed by atoms with Crippen molar-refractivity contribution in [1.29, 1.82) is 5.26 Å². The number of halogens is 1. The van der Waals surface area contributed by atoms with Gasteiger partial charge in [-0.05, 0) is 57.9 Å². The van der Waals surface area contributed by atoms with Crippen molar-refractivity contribution in [3.8, 4) is 6.07 Å². The molecule has 1 aromatic heterocycles. The molecule has 0 bridgehead atoms. The smallest absolute Gasteiger partial charge is 0.272 e. The average Bonchev–Trinajstić information content (AvgIpc) is 3.57. The van der Waals surface area contributed by atoms with Crippen LogP contribution < -0.4 is 5.32 Å². The Hall–Kier alpha value is -2.23. The molecule has 0 saturated heterocycles. The number of aliphatic hydroxyl groups excluding tert-OH is 1. The molecule has 11 heteroatoms. The number of aldehydes is 1. The minimum absolute atomic E-state index is 0.130. The van der Waals surface area contributed by atoms with Crippen molar-refractivity contribution < 1.29 is 19.4 Å². The van der Waals surface area contributed by atoms with Crippen LogP contribution in [0.25, 0.3) is 0 Å². The monoisotopic (exact) mass is 619 g/mol. The number of carbonyl (C=O) groups is 2. The molecular weight excluding hydrogens is 582 g/mol. The minimum Gasteiger partial charge on any atom is -0.395 e. The van der Waals surface area contributed by atoms with Crippen molar-refractivity contribution in [2.45, 2.75) is 55.7 Å². The van der Waals surface area contributed by atoms with Gasteiger partial charge in [0.15, 0.2) is 12.0 Å². The summed E-state index contributed by atoms with van der Waals surface area (Å²) in [7, 11) is 2.05. The zero-order chi connectivity index (χ0) is 28.5. The number of likely N-dealkylation sites (N-methyl/N-ethyl adjacent to an activating group) is 1. The molecule has 2 aromatic rings. The van der Waals surface area contributed by atoms with Gasteiger partial charge >= 0.3 is 0 Å². The number of alkyl halides is 1. The summed E-state index contributed by atoms with van der Waals surface area (Å²) in [5.74, 6) is -0.348. The van der Waals surface area contributed by atoms with Crippen molar-refractivity contribution in [2.75, 3.05) is 45.3 Å². The number of nitrogens with one attached hydrogen (secondary N) is 1. The lowest BCUT2D eigenvalue weighted by Gasteiger charge is -2.30. The number of nitrogens with zero attached hydrogens (tertiary/aromatic N) is 4. The van der Waals surface area contributed by atoms with E-state index >= 15 is 0 Å². The second-order valence-corrected chi connectivity index (χ2v) is 13.5. The van der Waals surface area contributed by atoms with E-state index < -0.39 is 0 Å². The van der Waals surface area contributed by atoms with E-state index in [1.54, 1.807) is 28.9 Å². The first kappa shape index (κ1) is 31.3. The van der Waals surface area contributed by atoms with Gasteiger partial charge < -0.3 is 20.1 Å². The van der Waals surface area contributed by atoms with Crippen LogP contribution >= 0.6 is 27.7 Å². The molecule has 9 nitrogen and oxygen atoms in total. The topological polar surface area (TPSA) is 120 Å². The van der Waals surface area contributed by atoms with Gasteiger partial charge in [0.05, 0.1) is 38.0 Å². The number of ether oxygens (including phenoxy) is 1. The second-order valence-electron chi connectivity index (χ2n) is 10.5. The van der Waals surface area contributed by atoms with Gasteiger partial charge in [0.2, 0.25) is 0 Å². The zero-order valence-corrected chi connectivity index (χ0v) is 25.3. The minimum atomic E-state index is -0.348. The van der Waals surface area contributed by atoms with Gasteiger partial charge in [0, 0.05) is 40.0 Å². The van der Waals surface area contributed by atoms with E-state index in [-0.39, 0.29) is 34.2 Å². The van der Waals surface area contributed by atoms with Gasteiger partial charge in [-0.1, -0.05) is 28.1 Å². The number of amides is 1. The Bertz CT molecular complexity index is 1160. The fraction of sp³-hybridized carbons (Fsp3) is 0.571. The Balaban J connectivity index is 1.73. The van der Waals surface area contributed by atoms with Crippen molar-refractivity contribution >= 4 is 39.9 Å². The first-order valence-corrected chi connectivity index (χ1v) is 15.0. The SMILES string of the molecule is CN(CCc1c(C(=O)NCc2ccc(C#N)cc2)nn(CCOCCBr)c1C=O)CC1(SC(C)(C)CO)CC1. The summed E-state index contributed by atoms with van der Waals surface area (Å²) in [4.78, 5) is 27.7. The molecular formula is C28H38BrN5O4S. The Kier molecular flexibility index (Phi) is 11.6. The Morgan fingerprint density at radius 1 is 1.36 bits per heavy atom. The van der Waals surface area contributed by atoms with E-state index in [0.717, 1.165) is 31.2 Å². The summed E-state index contributed by atoms with van der Waals surface area (Å²) in [6.45, 7) is 7.34. The average molecular weight is 621 g/mol. The molecule has 1 aliphatic carbocycles. The maximum absolute atomic E-state index is 13.3. The van der Waals surface area contributed by atoms with Gasteiger partial charge in [-0.2, -0.15) is 10.4 Å². The fourth-order valence-electron chi connectivity index (χ4n) is 4.44. The van der Waals surface area contributed by atoms with E-state index in [2.05, 4.69) is 58.2 Å². The van der Waals surface area contributed by atoms with Gasteiger partial charge in [-0.3, -0.25) is 14.3 Å². The van der Waals surface area contributed by atoms with Gasteiger partial charge in [-0.25, -0.2) is 0 Å². The maximum atomic E-state index is 13.3. The number of hydrogen-bond donors (Lipinski definition) is 2. The van der Waals surface area contributed by atoms with E-state index in [0.29, 0.717) is 54.9 Å². The predicted octanol–water partition coefficient (Wildman–Crippen LogP) is 3.42. The molecule has 3 rings (SSSR count). The Morgan fingerprint density at radius 2 is 2.08 bits per heavy atom. The number of carbonyl (C=O) groups excluding carboxylic acids is 2. The molecule has 1 heterocycles. The summed E-state index contributed by atoms with van der Waals surface area (Å²) in [5, 5.41) is 26.9. The van der Waals surface area contributed by atoms with Crippen LogP contribution in [0.4, 0.5) is 0 Å². The number of hydrogen-bond acceptors (Lipinski definition) is 8. The molecule has 0 unspecified atom stereocenters. The number of benzene rings is 1. The standard InChI is InChI=1S/C28H38BrN5O4S/c1-27(2,20-36)39-28(9-10-28)19-33(3)12-8-23-24(18-35)34(13-15-38-14-11-29)32-25(23)26(37)31-17-22-6-4-21(16-30)5-7-22/h4-7,18,36H,8-15,17,19-20H2,1-3H3,(H,31,37). The highest BCUT2D eigenvalue weighted by atomic mass is 79.9. The lowest BCUT2D eigenvalue weighted by molar-refractivity contribution is 0.0942. The van der Waals surface area contributed by atoms with Crippen LogP contribution in [0.5, 0.6) is 0 Å². The van der Waals surface area contributed by atoms with Crippen LogP contribution in [0, 0.1) is 11.3 Å². The lowest BCUT2D eigenvalue weighted by Crippen LogP contribution is -2.35. The zero-order valence-electron chi connectivity index (χ0n) is 22.9. The van der Waals surface area contributed by atoms with E-state index in [1.165, 1.54) is 0 Å². The van der Waals surface area contributed by atoms with Crippen molar-refractivity contribution in [3.05, 3.63) is 52.3 Å². The van der Waals surface area contributed by atoms with Gasteiger partial charge in [0.1, 0.15) is 5.69 Å². The first-order valence-electron chi connectivity index (χ1n) is 13.1. The summed E-state index contributed by atoms with van der Waals surface area (Å²) in [5.41, 5.74) is 2.69. The summed E-state index contributed by atoms with van der Waals surface area (Å²) in [6.07, 6.45) is 3.49. The molecule has 39 heavy (non-hydrogen) atoms. The third kappa shape index (κ3) is 9.15. The molecule has 1 amide bonds.